The third kappa shape index (κ3) is 7.60. The maximum absolute atomic E-state index is 13.4. The molecule has 38 heavy (non-hydrogen) atoms. The topological polar surface area (TPSA) is 106 Å². The van der Waals surface area contributed by atoms with Crippen molar-refractivity contribution in [2.75, 3.05) is 45.1 Å². The Morgan fingerprint density at radius 2 is 1.92 bits per heavy atom. The third-order valence-electron chi connectivity index (χ3n) is 6.47. The number of carbonyl (C=O) groups excluding carboxylic acids is 1. The molecule has 1 aliphatic heterocycles. The zero-order chi connectivity index (χ0) is 28.3. The highest BCUT2D eigenvalue weighted by molar-refractivity contribution is 7.92. The fourth-order valence-electron chi connectivity index (χ4n) is 4.23. The summed E-state index contributed by atoms with van der Waals surface area (Å²) < 4.78 is 79.9. The van der Waals surface area contributed by atoms with E-state index >= 15 is 0 Å². The Bertz CT molecular complexity index is 1220. The van der Waals surface area contributed by atoms with Gasteiger partial charge in [0.05, 0.1) is 24.4 Å². The predicted molar refractivity (Wildman–Crippen MR) is 135 cm³/mol. The Kier molecular flexibility index (Phi) is 9.31. The number of hydrogen-bond donors (Lipinski definition) is 1. The summed E-state index contributed by atoms with van der Waals surface area (Å²) in [6, 6.07) is 3.88. The van der Waals surface area contributed by atoms with E-state index < -0.39 is 40.7 Å². The van der Waals surface area contributed by atoms with Crippen molar-refractivity contribution in [3.8, 4) is 5.75 Å². The van der Waals surface area contributed by atoms with Crippen LogP contribution in [0.25, 0.3) is 0 Å². The van der Waals surface area contributed by atoms with E-state index in [1.807, 2.05) is 6.92 Å². The summed E-state index contributed by atoms with van der Waals surface area (Å²) in [6.07, 6.45) is -3.01. The molecule has 3 atom stereocenters. The van der Waals surface area contributed by atoms with E-state index in [2.05, 4.69) is 9.71 Å². The van der Waals surface area contributed by atoms with Crippen molar-refractivity contribution in [1.29, 1.82) is 0 Å². The number of likely N-dealkylation sites (N-methyl/N-ethyl adjacent to an activating group) is 1. The van der Waals surface area contributed by atoms with Gasteiger partial charge in [-0.25, -0.2) is 4.98 Å². The van der Waals surface area contributed by atoms with Gasteiger partial charge in [-0.05, 0) is 31.0 Å². The highest BCUT2D eigenvalue weighted by Crippen LogP contribution is 2.28. The quantitative estimate of drug-likeness (QED) is 0.578. The van der Waals surface area contributed by atoms with Crippen molar-refractivity contribution in [3.05, 3.63) is 36.3 Å². The molecule has 212 valence electrons. The molecule has 10 nitrogen and oxygen atoms in total. The molecule has 1 amide bonds. The van der Waals surface area contributed by atoms with Crippen LogP contribution < -0.4 is 9.46 Å². The lowest BCUT2D eigenvalue weighted by Gasteiger charge is -2.36. The number of halogens is 3. The van der Waals surface area contributed by atoms with Crippen LogP contribution in [0.15, 0.2) is 35.7 Å². The van der Waals surface area contributed by atoms with Crippen LogP contribution in [0.3, 0.4) is 0 Å². The summed E-state index contributed by atoms with van der Waals surface area (Å²) in [4.78, 5) is 20.4. The lowest BCUT2D eigenvalue weighted by Crippen LogP contribution is -2.47. The molecule has 0 saturated heterocycles. The molecule has 0 unspecified atom stereocenters. The molecule has 2 aromatic rings. The van der Waals surface area contributed by atoms with Crippen LogP contribution in [0.4, 0.5) is 18.9 Å². The second kappa shape index (κ2) is 11.9. The summed E-state index contributed by atoms with van der Waals surface area (Å²) in [5.74, 6) is -0.426. The highest BCUT2D eigenvalue weighted by Gasteiger charge is 2.32. The van der Waals surface area contributed by atoms with Gasteiger partial charge in [0, 0.05) is 58.8 Å². The van der Waals surface area contributed by atoms with E-state index in [0.29, 0.717) is 6.54 Å². The number of rotatable bonds is 6. The standard InChI is InChI=1S/C24H34F3N5O5S/c1-16-11-32(9-8-24(25,26)27)17(2)14-37-20-7-6-18(29-38(34,35)22-13-30(3)15-28-22)10-19(20)23(33)31(4)12-21(16)36-5/h6-7,10,13,15-17,21,29H,8-9,11-12,14H2,1-5H3/t16-,17-,21+/m0/s1. The van der Waals surface area contributed by atoms with Crippen molar-refractivity contribution >= 4 is 21.6 Å². The number of benzene rings is 1. The Balaban J connectivity index is 1.94. The maximum Gasteiger partial charge on any atom is 0.390 e. The largest absolute Gasteiger partial charge is 0.491 e. The molecule has 0 fully saturated rings. The summed E-state index contributed by atoms with van der Waals surface area (Å²) >= 11 is 0. The van der Waals surface area contributed by atoms with Gasteiger partial charge in [-0.2, -0.15) is 21.6 Å². The molecule has 0 aliphatic carbocycles. The van der Waals surface area contributed by atoms with Crippen molar-refractivity contribution in [3.63, 3.8) is 0 Å². The summed E-state index contributed by atoms with van der Waals surface area (Å²) in [5.41, 5.74) is 0.231. The molecule has 14 heteroatoms. The van der Waals surface area contributed by atoms with Crippen LogP contribution in [0.5, 0.6) is 5.75 Å². The number of ether oxygens (including phenoxy) is 2. The van der Waals surface area contributed by atoms with Gasteiger partial charge in [-0.15, -0.1) is 0 Å². The van der Waals surface area contributed by atoms with Crippen LogP contribution in [0.1, 0.15) is 30.6 Å². The number of methoxy groups -OCH3 is 1. The number of hydrogen-bond acceptors (Lipinski definition) is 7. The first-order valence-electron chi connectivity index (χ1n) is 12.1. The Morgan fingerprint density at radius 3 is 2.53 bits per heavy atom. The van der Waals surface area contributed by atoms with Gasteiger partial charge in [-0.3, -0.25) is 14.4 Å². The Hall–Kier alpha value is -2.84. The number of aryl methyl sites for hydroxylation is 1. The monoisotopic (exact) mass is 561 g/mol. The van der Waals surface area contributed by atoms with Crippen LogP contribution >= 0.6 is 0 Å². The fourth-order valence-corrected chi connectivity index (χ4v) is 5.26. The lowest BCUT2D eigenvalue weighted by molar-refractivity contribution is -0.140. The van der Waals surface area contributed by atoms with E-state index in [4.69, 9.17) is 9.47 Å². The van der Waals surface area contributed by atoms with Gasteiger partial charge >= 0.3 is 6.18 Å². The molecule has 1 aromatic carbocycles. The highest BCUT2D eigenvalue weighted by atomic mass is 32.2. The number of aromatic nitrogens is 2. The molecule has 1 aromatic heterocycles. The number of amides is 1. The minimum absolute atomic E-state index is 0.0191. The van der Waals surface area contributed by atoms with E-state index in [9.17, 15) is 26.4 Å². The lowest BCUT2D eigenvalue weighted by atomic mass is 10.0. The number of nitrogens with zero attached hydrogens (tertiary/aromatic N) is 4. The zero-order valence-electron chi connectivity index (χ0n) is 22.0. The Labute approximate surface area is 220 Å². The maximum atomic E-state index is 13.4. The number of anilines is 1. The molecule has 0 saturated carbocycles. The molecule has 1 aliphatic rings. The van der Waals surface area contributed by atoms with E-state index in [1.54, 1.807) is 25.9 Å². The van der Waals surface area contributed by atoms with Crippen molar-refractivity contribution in [2.24, 2.45) is 13.0 Å². The Morgan fingerprint density at radius 1 is 1.21 bits per heavy atom. The summed E-state index contributed by atoms with van der Waals surface area (Å²) in [5, 5.41) is -0.183. The summed E-state index contributed by atoms with van der Waals surface area (Å²) in [7, 11) is 0.698. The zero-order valence-corrected chi connectivity index (χ0v) is 22.8. The predicted octanol–water partition coefficient (Wildman–Crippen LogP) is 2.98. The number of nitrogens with one attached hydrogen (secondary N) is 1. The van der Waals surface area contributed by atoms with Crippen LogP contribution in [-0.4, -0.2) is 92.4 Å². The smallest absolute Gasteiger partial charge is 0.390 e. The molecule has 0 radical (unpaired) electrons. The SMILES string of the molecule is CO[C@@H]1CN(C)C(=O)c2cc(NS(=O)(=O)c3cn(C)cn3)ccc2OC[C@H](C)N(CCC(F)(F)F)C[C@@H]1C. The number of carbonyl (C=O) groups is 1. The third-order valence-corrected chi connectivity index (χ3v) is 7.73. The van der Waals surface area contributed by atoms with Gasteiger partial charge in [0.25, 0.3) is 15.9 Å². The second-order valence-corrected chi connectivity index (χ2v) is 11.3. The van der Waals surface area contributed by atoms with Crippen LogP contribution in [0.2, 0.25) is 0 Å². The molecule has 1 N–H and O–H groups in total. The first kappa shape index (κ1) is 29.7. The van der Waals surface area contributed by atoms with Gasteiger partial charge in [0.2, 0.25) is 0 Å². The van der Waals surface area contributed by atoms with Crippen LogP contribution in [-0.2, 0) is 21.8 Å². The van der Waals surface area contributed by atoms with Gasteiger partial charge in [0.1, 0.15) is 12.4 Å². The van der Waals surface area contributed by atoms with Gasteiger partial charge in [0.15, 0.2) is 5.03 Å². The van der Waals surface area contributed by atoms with Crippen molar-refractivity contribution in [1.82, 2.24) is 19.4 Å². The van der Waals surface area contributed by atoms with E-state index in [0.717, 1.165) is 0 Å². The van der Waals surface area contributed by atoms with E-state index in [1.165, 1.54) is 47.3 Å². The number of fused-ring (bicyclic) bond motifs is 1. The second-order valence-electron chi connectivity index (χ2n) is 9.65. The molecule has 2 heterocycles. The molecule has 3 rings (SSSR count). The van der Waals surface area contributed by atoms with Crippen molar-refractivity contribution < 1.29 is 35.9 Å². The summed E-state index contributed by atoms with van der Waals surface area (Å²) in [6.45, 7) is 3.93. The van der Waals surface area contributed by atoms with Gasteiger partial charge < -0.3 is 18.9 Å². The van der Waals surface area contributed by atoms with E-state index in [-0.39, 0.29) is 47.6 Å². The van der Waals surface area contributed by atoms with Crippen LogP contribution in [0, 0.1) is 5.92 Å². The molecular formula is C24H34F3N5O5S. The average Bonchev–Trinajstić information content (AvgIpc) is 3.29. The van der Waals surface area contributed by atoms with Crippen molar-refractivity contribution in [2.45, 2.75) is 43.6 Å². The number of imidazole rings is 1. The minimum atomic E-state index is -4.30. The first-order valence-corrected chi connectivity index (χ1v) is 13.5. The molecule has 0 spiro atoms. The average molecular weight is 562 g/mol. The molecular weight excluding hydrogens is 527 g/mol. The minimum Gasteiger partial charge on any atom is -0.491 e. The normalized spacial score (nSPS) is 22.3. The number of sulfonamides is 1. The first-order chi connectivity index (χ1) is 17.7. The fraction of sp³-hybridized carbons (Fsp3) is 0.583. The van der Waals surface area contributed by atoms with Gasteiger partial charge in [-0.1, -0.05) is 6.92 Å². The molecule has 0 bridgehead atoms. The number of alkyl halides is 3.